The maximum absolute atomic E-state index is 12.2. The van der Waals surface area contributed by atoms with E-state index in [1.165, 1.54) is 0 Å². The standard InChI is InChI=1S/C15H21N7O/c16-15-18-8-10-22(15)9-4-7-13(20-21-17)14(23)19-11-12-5-2-1-3-6-12/h1-3,5-6,13H,4,7-11H2,(H2,16,18)(H,19,23). The van der Waals surface area contributed by atoms with E-state index in [-0.39, 0.29) is 5.91 Å². The van der Waals surface area contributed by atoms with E-state index in [0.717, 1.165) is 12.1 Å². The Morgan fingerprint density at radius 1 is 1.48 bits per heavy atom. The molecular weight excluding hydrogens is 294 g/mol. The molecule has 0 aliphatic carbocycles. The minimum Gasteiger partial charge on any atom is -0.370 e. The first kappa shape index (κ1) is 16.6. The van der Waals surface area contributed by atoms with E-state index in [9.17, 15) is 4.79 Å². The molecule has 1 unspecified atom stereocenters. The Balaban J connectivity index is 1.79. The van der Waals surface area contributed by atoms with Gasteiger partial charge < -0.3 is 16.0 Å². The number of aliphatic imine (C=N–C) groups is 1. The number of benzene rings is 1. The van der Waals surface area contributed by atoms with E-state index in [2.05, 4.69) is 20.3 Å². The summed E-state index contributed by atoms with van der Waals surface area (Å²) >= 11 is 0. The number of nitrogens with zero attached hydrogens (tertiary/aromatic N) is 5. The minimum atomic E-state index is -0.704. The van der Waals surface area contributed by atoms with Crippen LogP contribution in [0.15, 0.2) is 40.4 Å². The minimum absolute atomic E-state index is 0.255. The van der Waals surface area contributed by atoms with Gasteiger partial charge in [-0.2, -0.15) is 0 Å². The molecular formula is C15H21N7O. The smallest absolute Gasteiger partial charge is 0.229 e. The Hall–Kier alpha value is -2.73. The summed E-state index contributed by atoms with van der Waals surface area (Å²) in [5.41, 5.74) is 15.4. The highest BCUT2D eigenvalue weighted by atomic mass is 16.2. The molecule has 0 saturated heterocycles. The zero-order chi connectivity index (χ0) is 16.5. The van der Waals surface area contributed by atoms with Crippen molar-refractivity contribution in [1.82, 2.24) is 10.2 Å². The molecule has 0 fully saturated rings. The highest BCUT2D eigenvalue weighted by Gasteiger charge is 2.18. The first-order valence-corrected chi connectivity index (χ1v) is 7.61. The van der Waals surface area contributed by atoms with Crippen LogP contribution in [0, 0.1) is 0 Å². The molecule has 2 rings (SSSR count). The number of nitrogens with one attached hydrogen (secondary N) is 1. The van der Waals surface area contributed by atoms with Crippen molar-refractivity contribution in [2.24, 2.45) is 15.8 Å². The van der Waals surface area contributed by atoms with Crippen LogP contribution in [-0.2, 0) is 11.3 Å². The van der Waals surface area contributed by atoms with E-state index in [4.69, 9.17) is 11.3 Å². The molecule has 1 aliphatic rings. The number of carbonyl (C=O) groups is 1. The van der Waals surface area contributed by atoms with Crippen molar-refractivity contribution in [3.8, 4) is 0 Å². The second-order valence-corrected chi connectivity index (χ2v) is 5.29. The average molecular weight is 315 g/mol. The fourth-order valence-corrected chi connectivity index (χ4v) is 2.41. The third kappa shape index (κ3) is 5.19. The van der Waals surface area contributed by atoms with Gasteiger partial charge in [0, 0.05) is 24.5 Å². The predicted octanol–water partition coefficient (Wildman–Crippen LogP) is 1.39. The maximum Gasteiger partial charge on any atom is 0.229 e. The number of carbonyl (C=O) groups excluding carboxylic acids is 1. The molecule has 1 aromatic carbocycles. The van der Waals surface area contributed by atoms with Crippen LogP contribution in [0.25, 0.3) is 10.4 Å². The molecule has 23 heavy (non-hydrogen) atoms. The molecule has 0 bridgehead atoms. The van der Waals surface area contributed by atoms with Gasteiger partial charge in [0.25, 0.3) is 0 Å². The van der Waals surface area contributed by atoms with Crippen molar-refractivity contribution in [3.05, 3.63) is 46.3 Å². The number of nitrogens with two attached hydrogens (primary N) is 1. The molecule has 0 spiro atoms. The lowest BCUT2D eigenvalue weighted by Crippen LogP contribution is -2.36. The van der Waals surface area contributed by atoms with Crippen LogP contribution in [0.5, 0.6) is 0 Å². The van der Waals surface area contributed by atoms with E-state index in [0.29, 0.717) is 38.4 Å². The van der Waals surface area contributed by atoms with Crippen LogP contribution in [0.2, 0.25) is 0 Å². The summed E-state index contributed by atoms with van der Waals surface area (Å²) in [6.07, 6.45) is 1.19. The fraction of sp³-hybridized carbons (Fsp3) is 0.467. The van der Waals surface area contributed by atoms with Crippen molar-refractivity contribution in [1.29, 1.82) is 0 Å². The number of rotatable bonds is 8. The number of guanidine groups is 1. The van der Waals surface area contributed by atoms with E-state index in [1.807, 2.05) is 35.2 Å². The third-order valence-electron chi connectivity index (χ3n) is 3.68. The zero-order valence-electron chi connectivity index (χ0n) is 12.9. The summed E-state index contributed by atoms with van der Waals surface area (Å²) in [6.45, 7) is 2.64. The second kappa shape index (κ2) is 8.65. The molecule has 0 saturated carbocycles. The Bertz CT molecular complexity index is 595. The van der Waals surface area contributed by atoms with Gasteiger partial charge in [-0.3, -0.25) is 9.79 Å². The first-order valence-electron chi connectivity index (χ1n) is 7.61. The number of hydrogen-bond donors (Lipinski definition) is 2. The SMILES string of the molecule is [N-]=[N+]=NC(CCCN1CCN=C1N)C(=O)NCc1ccccc1. The molecule has 3 N–H and O–H groups in total. The van der Waals surface area contributed by atoms with Crippen molar-refractivity contribution in [3.63, 3.8) is 0 Å². The molecule has 1 heterocycles. The van der Waals surface area contributed by atoms with Gasteiger partial charge in [0.05, 0.1) is 6.54 Å². The highest BCUT2D eigenvalue weighted by molar-refractivity contribution is 5.82. The van der Waals surface area contributed by atoms with Crippen molar-refractivity contribution < 1.29 is 4.79 Å². The van der Waals surface area contributed by atoms with E-state index >= 15 is 0 Å². The summed E-state index contributed by atoms with van der Waals surface area (Å²) in [5.74, 6) is 0.286. The molecule has 1 aliphatic heterocycles. The Labute approximate surface area is 135 Å². The monoisotopic (exact) mass is 315 g/mol. The third-order valence-corrected chi connectivity index (χ3v) is 3.68. The van der Waals surface area contributed by atoms with Gasteiger partial charge in [-0.1, -0.05) is 35.4 Å². The highest BCUT2D eigenvalue weighted by Crippen LogP contribution is 2.07. The molecule has 8 nitrogen and oxygen atoms in total. The Kier molecular flexibility index (Phi) is 6.26. The molecule has 1 amide bonds. The maximum atomic E-state index is 12.2. The predicted molar refractivity (Wildman–Crippen MR) is 88.5 cm³/mol. The van der Waals surface area contributed by atoms with Crippen molar-refractivity contribution in [2.45, 2.75) is 25.4 Å². The molecule has 0 aromatic heterocycles. The van der Waals surface area contributed by atoms with E-state index in [1.54, 1.807) is 0 Å². The van der Waals surface area contributed by atoms with Crippen LogP contribution in [0.1, 0.15) is 18.4 Å². The number of amides is 1. The van der Waals surface area contributed by atoms with Crippen LogP contribution in [-0.4, -0.2) is 42.4 Å². The van der Waals surface area contributed by atoms with Crippen molar-refractivity contribution >= 4 is 11.9 Å². The summed E-state index contributed by atoms with van der Waals surface area (Å²) in [7, 11) is 0. The van der Waals surface area contributed by atoms with Gasteiger partial charge in [-0.15, -0.1) is 0 Å². The lowest BCUT2D eigenvalue weighted by molar-refractivity contribution is -0.122. The molecule has 122 valence electrons. The van der Waals surface area contributed by atoms with Gasteiger partial charge >= 0.3 is 0 Å². The second-order valence-electron chi connectivity index (χ2n) is 5.29. The van der Waals surface area contributed by atoms with Crippen LogP contribution in [0.4, 0.5) is 0 Å². The molecule has 1 aromatic rings. The summed E-state index contributed by atoms with van der Waals surface area (Å²) in [4.78, 5) is 21.0. The topological polar surface area (TPSA) is 119 Å². The molecule has 8 heteroatoms. The van der Waals surface area contributed by atoms with Crippen molar-refractivity contribution in [2.75, 3.05) is 19.6 Å². The quantitative estimate of drug-likeness (QED) is 0.428. The lowest BCUT2D eigenvalue weighted by atomic mass is 10.1. The summed E-state index contributed by atoms with van der Waals surface area (Å²) in [6, 6.07) is 8.89. The van der Waals surface area contributed by atoms with E-state index < -0.39 is 6.04 Å². The largest absolute Gasteiger partial charge is 0.370 e. The summed E-state index contributed by atoms with van der Waals surface area (Å²) in [5, 5.41) is 6.41. The fourth-order valence-electron chi connectivity index (χ4n) is 2.41. The molecule has 0 radical (unpaired) electrons. The number of azide groups is 1. The normalized spacial score (nSPS) is 14.8. The Morgan fingerprint density at radius 2 is 2.26 bits per heavy atom. The van der Waals surface area contributed by atoms with Crippen LogP contribution in [0.3, 0.4) is 0 Å². The zero-order valence-corrected chi connectivity index (χ0v) is 12.9. The Morgan fingerprint density at radius 3 is 2.91 bits per heavy atom. The van der Waals surface area contributed by atoms with Gasteiger partial charge in [0.2, 0.25) is 5.91 Å². The lowest BCUT2D eigenvalue weighted by Gasteiger charge is -2.18. The van der Waals surface area contributed by atoms with Gasteiger partial charge in [0.15, 0.2) is 5.96 Å². The van der Waals surface area contributed by atoms with Gasteiger partial charge in [-0.25, -0.2) is 0 Å². The molecule has 1 atom stereocenters. The van der Waals surface area contributed by atoms with Gasteiger partial charge in [-0.05, 0) is 23.9 Å². The number of hydrogen-bond acceptors (Lipinski definition) is 5. The van der Waals surface area contributed by atoms with Crippen LogP contribution < -0.4 is 11.1 Å². The first-order chi connectivity index (χ1) is 11.2. The summed E-state index contributed by atoms with van der Waals surface area (Å²) < 4.78 is 0. The van der Waals surface area contributed by atoms with Crippen LogP contribution >= 0.6 is 0 Å². The average Bonchev–Trinajstić information content (AvgIpc) is 2.98. The van der Waals surface area contributed by atoms with Gasteiger partial charge in [0.1, 0.15) is 6.04 Å².